The lowest BCUT2D eigenvalue weighted by atomic mass is 10.0. The fourth-order valence-corrected chi connectivity index (χ4v) is 8.70. The summed E-state index contributed by atoms with van der Waals surface area (Å²) in [7, 11) is 0. The van der Waals surface area contributed by atoms with Crippen LogP contribution in [0.15, 0.2) is 199 Å². The van der Waals surface area contributed by atoms with Crippen LogP contribution in [0.25, 0.3) is 106 Å². The highest BCUT2D eigenvalue weighted by atomic mass is 16.3. The molecule has 4 heteroatoms. The van der Waals surface area contributed by atoms with Crippen LogP contribution in [0.5, 0.6) is 0 Å². The third-order valence-corrected chi connectivity index (χ3v) is 11.5. The predicted octanol–water partition coefficient (Wildman–Crippen LogP) is 14.5. The number of fused-ring (bicyclic) bond motifs is 7. The molecule has 274 valence electrons. The van der Waals surface area contributed by atoms with Crippen LogP contribution in [0.2, 0.25) is 0 Å². The molecule has 0 spiro atoms. The Bertz CT molecular complexity index is 3360. The van der Waals surface area contributed by atoms with Crippen molar-refractivity contribution in [2.75, 3.05) is 0 Å². The van der Waals surface area contributed by atoms with E-state index in [0.717, 1.165) is 72.7 Å². The van der Waals surface area contributed by atoms with Gasteiger partial charge in [-0.1, -0.05) is 128 Å². The van der Waals surface area contributed by atoms with E-state index >= 15 is 0 Å². The first-order chi connectivity index (χ1) is 28.6. The van der Waals surface area contributed by atoms with Crippen molar-refractivity contribution in [2.24, 2.45) is 0 Å². The maximum absolute atomic E-state index is 6.20. The summed E-state index contributed by atoms with van der Waals surface area (Å²) in [6.45, 7) is 5.93. The van der Waals surface area contributed by atoms with Crippen LogP contribution >= 0.6 is 0 Å². The van der Waals surface area contributed by atoms with E-state index in [1.807, 2.05) is 18.2 Å². The van der Waals surface area contributed by atoms with Crippen molar-refractivity contribution in [3.8, 4) is 45.0 Å². The molecule has 4 nitrogen and oxygen atoms in total. The smallest absolute Gasteiger partial charge is 0.138 e. The van der Waals surface area contributed by atoms with Gasteiger partial charge in [0.2, 0.25) is 0 Å². The number of nitrogens with zero attached hydrogens (tertiary/aromatic N) is 3. The van der Waals surface area contributed by atoms with Gasteiger partial charge in [0.05, 0.1) is 27.8 Å². The number of hydrogen-bond donors (Lipinski definition) is 0. The third kappa shape index (κ3) is 5.41. The van der Waals surface area contributed by atoms with Gasteiger partial charge in [0.1, 0.15) is 17.2 Å². The highest BCUT2D eigenvalue weighted by Crippen LogP contribution is 2.40. The monoisotopic (exact) mass is 743 g/mol. The van der Waals surface area contributed by atoms with E-state index in [1.54, 1.807) is 6.08 Å². The summed E-state index contributed by atoms with van der Waals surface area (Å²) in [5.74, 6) is 1.74. The molecule has 11 rings (SSSR count). The van der Waals surface area contributed by atoms with Crippen LogP contribution in [-0.4, -0.2) is 14.1 Å². The maximum Gasteiger partial charge on any atom is 0.138 e. The normalized spacial score (nSPS) is 11.9. The molecule has 0 saturated carbocycles. The lowest BCUT2D eigenvalue weighted by Gasteiger charge is -2.13. The molecule has 11 aromatic rings. The molecular weight excluding hydrogens is 707 g/mol. The van der Waals surface area contributed by atoms with Crippen LogP contribution < -0.4 is 0 Å². The van der Waals surface area contributed by atoms with Crippen LogP contribution in [0.3, 0.4) is 0 Å². The number of furan rings is 1. The Kier molecular flexibility index (Phi) is 7.83. The van der Waals surface area contributed by atoms with E-state index in [1.165, 1.54) is 38.2 Å². The van der Waals surface area contributed by atoms with E-state index < -0.39 is 0 Å². The molecule has 0 atom stereocenters. The fourth-order valence-electron chi connectivity index (χ4n) is 8.70. The van der Waals surface area contributed by atoms with Gasteiger partial charge in [-0.2, -0.15) is 0 Å². The first-order valence-electron chi connectivity index (χ1n) is 19.7. The molecule has 0 bridgehead atoms. The Morgan fingerprint density at radius 3 is 1.74 bits per heavy atom. The van der Waals surface area contributed by atoms with Crippen molar-refractivity contribution >= 4 is 60.7 Å². The number of hydrogen-bond acceptors (Lipinski definition) is 2. The molecule has 0 amide bonds. The highest BCUT2D eigenvalue weighted by Gasteiger charge is 2.19. The largest absolute Gasteiger partial charge is 0.456 e. The van der Waals surface area contributed by atoms with Crippen molar-refractivity contribution in [1.82, 2.24) is 14.1 Å². The minimum absolute atomic E-state index is 0.855. The summed E-state index contributed by atoms with van der Waals surface area (Å²) in [5.41, 5.74) is 14.3. The number of allylic oxidation sites excluding steroid dienone is 2. The zero-order chi connectivity index (χ0) is 38.7. The average molecular weight is 744 g/mol. The van der Waals surface area contributed by atoms with Gasteiger partial charge in [0.15, 0.2) is 0 Å². The first-order valence-corrected chi connectivity index (χ1v) is 19.7. The third-order valence-electron chi connectivity index (χ3n) is 11.5. The van der Waals surface area contributed by atoms with Gasteiger partial charge >= 0.3 is 0 Å². The summed E-state index contributed by atoms with van der Waals surface area (Å²) < 4.78 is 10.9. The number of benzene rings is 7. The second kappa shape index (κ2) is 13.5. The van der Waals surface area contributed by atoms with Crippen LogP contribution in [0.4, 0.5) is 0 Å². The molecule has 0 unspecified atom stereocenters. The van der Waals surface area contributed by atoms with Gasteiger partial charge in [-0.3, -0.25) is 4.57 Å². The number of rotatable bonds is 7. The topological polar surface area (TPSA) is 35.9 Å². The van der Waals surface area contributed by atoms with Gasteiger partial charge in [-0.15, -0.1) is 0 Å². The molecule has 0 saturated heterocycles. The Hall–Kier alpha value is -7.69. The Morgan fingerprint density at radius 2 is 1.07 bits per heavy atom. The summed E-state index contributed by atoms with van der Waals surface area (Å²) >= 11 is 0. The number of aryl methyl sites for hydroxylation is 1. The molecule has 7 aromatic carbocycles. The molecular formula is C54H37N3O. The van der Waals surface area contributed by atoms with Crippen molar-refractivity contribution in [2.45, 2.75) is 6.92 Å². The van der Waals surface area contributed by atoms with Crippen molar-refractivity contribution in [3.63, 3.8) is 0 Å². The highest BCUT2D eigenvalue weighted by molar-refractivity contribution is 6.13. The Morgan fingerprint density at radius 1 is 0.483 bits per heavy atom. The van der Waals surface area contributed by atoms with Crippen molar-refractivity contribution < 1.29 is 4.42 Å². The van der Waals surface area contributed by atoms with Gasteiger partial charge < -0.3 is 8.98 Å². The fraction of sp³-hybridized carbons (Fsp3) is 0.0185. The molecule has 4 heterocycles. The van der Waals surface area contributed by atoms with E-state index in [-0.39, 0.29) is 0 Å². The lowest BCUT2D eigenvalue weighted by molar-refractivity contribution is 0.601. The zero-order valence-corrected chi connectivity index (χ0v) is 31.9. The van der Waals surface area contributed by atoms with E-state index in [2.05, 4.69) is 192 Å². The van der Waals surface area contributed by atoms with Crippen molar-refractivity contribution in [3.05, 3.63) is 206 Å². The quantitative estimate of drug-likeness (QED) is 0.152. The minimum Gasteiger partial charge on any atom is -0.456 e. The summed E-state index contributed by atoms with van der Waals surface area (Å²) in [6.07, 6.45) is 5.66. The summed E-state index contributed by atoms with van der Waals surface area (Å²) in [4.78, 5) is 5.33. The lowest BCUT2D eigenvalue weighted by Crippen LogP contribution is -2.00. The van der Waals surface area contributed by atoms with Crippen LogP contribution in [0.1, 0.15) is 11.3 Å². The average Bonchev–Trinajstić information content (AvgIpc) is 3.92. The first kappa shape index (κ1) is 33.6. The van der Waals surface area contributed by atoms with Gasteiger partial charge in [0.25, 0.3) is 0 Å². The SMILES string of the molecule is C=C/C=C\c1oc2ccc(-n3c4ccccc4c4cc(-c5ccc6c(c5)c5ccccc5n6-c5cc(-c6ccccc6)cc(-c6ccccc6)n5)ccc43)cc2c1C. The number of para-hydroxylation sites is 2. The van der Waals surface area contributed by atoms with Crippen molar-refractivity contribution in [1.29, 1.82) is 0 Å². The molecule has 4 aromatic heterocycles. The number of pyridine rings is 1. The van der Waals surface area contributed by atoms with Crippen LogP contribution in [0, 0.1) is 6.92 Å². The number of aromatic nitrogens is 3. The maximum atomic E-state index is 6.20. The molecule has 58 heavy (non-hydrogen) atoms. The standard InChI is InChI=1S/C54H37N3O/c1-3-4-23-52-35(2)44-34-41(26-29-53(44)58-52)56-48-21-13-11-19-42(48)45-30-38(24-27-50(45)56)39-25-28-51-46(31-39)43-20-12-14-22-49(43)57(51)54-33-40(36-15-7-5-8-16-36)32-47(55-54)37-17-9-6-10-18-37/h3-34H,1H2,2H3/b23-4-. The minimum atomic E-state index is 0.855. The summed E-state index contributed by atoms with van der Waals surface area (Å²) in [6, 6.07) is 63.1. The molecule has 0 N–H and O–H groups in total. The second-order valence-corrected chi connectivity index (χ2v) is 14.9. The Balaban J connectivity index is 1.07. The van der Waals surface area contributed by atoms with E-state index in [9.17, 15) is 0 Å². The predicted molar refractivity (Wildman–Crippen MR) is 243 cm³/mol. The molecule has 0 aliphatic carbocycles. The van der Waals surface area contributed by atoms with E-state index in [0.29, 0.717) is 0 Å². The molecule has 0 aliphatic rings. The van der Waals surface area contributed by atoms with Gasteiger partial charge in [-0.05, 0) is 102 Å². The van der Waals surface area contributed by atoms with Gasteiger partial charge in [0, 0.05) is 43.7 Å². The molecule has 0 aliphatic heterocycles. The Labute approximate surface area is 335 Å². The van der Waals surface area contributed by atoms with E-state index in [4.69, 9.17) is 9.40 Å². The van der Waals surface area contributed by atoms with Gasteiger partial charge in [-0.25, -0.2) is 4.98 Å². The summed E-state index contributed by atoms with van der Waals surface area (Å²) in [5, 5.41) is 5.92. The van der Waals surface area contributed by atoms with Crippen LogP contribution in [-0.2, 0) is 0 Å². The zero-order valence-electron chi connectivity index (χ0n) is 31.9. The molecule has 0 radical (unpaired) electrons. The molecule has 0 fully saturated rings. The second-order valence-electron chi connectivity index (χ2n) is 14.9.